The largest absolute Gasteiger partial charge is 0.305 e. The molecule has 0 aliphatic carbocycles. The second-order valence-corrected chi connectivity index (χ2v) is 4.66. The molecule has 0 bridgehead atoms. The zero-order valence-corrected chi connectivity index (χ0v) is 10.2. The summed E-state index contributed by atoms with van der Waals surface area (Å²) in [5.41, 5.74) is 0. The molecular weight excluding hydrogens is 188 g/mol. The van der Waals surface area contributed by atoms with Crippen molar-refractivity contribution >= 4 is 5.78 Å². The van der Waals surface area contributed by atoms with Crippen LogP contribution in [0.15, 0.2) is 0 Å². The van der Waals surface area contributed by atoms with Gasteiger partial charge in [0.2, 0.25) is 0 Å². The van der Waals surface area contributed by atoms with Gasteiger partial charge in [0, 0.05) is 19.5 Å². The predicted molar refractivity (Wildman–Crippen MR) is 63.1 cm³/mol. The summed E-state index contributed by atoms with van der Waals surface area (Å²) in [6.45, 7) is 7.68. The van der Waals surface area contributed by atoms with Gasteiger partial charge < -0.3 is 14.6 Å². The molecule has 0 spiro atoms. The van der Waals surface area contributed by atoms with Crippen LogP contribution < -0.4 is 0 Å². The van der Waals surface area contributed by atoms with E-state index in [9.17, 15) is 4.79 Å². The Hall–Kier alpha value is -0.410. The smallest absolute Gasteiger partial charge is 0.129 e. The van der Waals surface area contributed by atoms with E-state index in [-0.39, 0.29) is 0 Å². The van der Waals surface area contributed by atoms with Gasteiger partial charge in [0.05, 0.1) is 0 Å². The number of nitrogens with zero attached hydrogens (tertiary/aromatic N) is 2. The first kappa shape index (κ1) is 12.7. The number of Topliss-reactive ketones (excluding diaryl/α,β-unsaturated/α-hetero) is 1. The molecule has 0 saturated carbocycles. The fraction of sp³-hybridized carbons (Fsp3) is 0.917. The minimum atomic E-state index is 0.325. The van der Waals surface area contributed by atoms with Crippen LogP contribution in [0.2, 0.25) is 0 Å². The number of likely N-dealkylation sites (N-methyl/N-ethyl adjacent to an activating group) is 1. The van der Waals surface area contributed by atoms with Crippen molar-refractivity contribution in [2.24, 2.45) is 0 Å². The van der Waals surface area contributed by atoms with E-state index < -0.39 is 0 Å². The monoisotopic (exact) mass is 212 g/mol. The van der Waals surface area contributed by atoms with E-state index >= 15 is 0 Å². The third kappa shape index (κ3) is 5.90. The van der Waals surface area contributed by atoms with Gasteiger partial charge in [-0.15, -0.1) is 0 Å². The standard InChI is InChI=1S/C12H24N2O/c1-12(15)6-3-4-8-14-9-5-7-13(2)10-11-14/h3-11H2,1-2H3. The first-order valence-electron chi connectivity index (χ1n) is 6.09. The van der Waals surface area contributed by atoms with Gasteiger partial charge in [0.15, 0.2) is 0 Å². The maximum absolute atomic E-state index is 10.8. The highest BCUT2D eigenvalue weighted by atomic mass is 16.1. The van der Waals surface area contributed by atoms with Crippen LogP contribution in [0.5, 0.6) is 0 Å². The minimum absolute atomic E-state index is 0.325. The number of unbranched alkanes of at least 4 members (excludes halogenated alkanes) is 1. The van der Waals surface area contributed by atoms with Gasteiger partial charge in [-0.25, -0.2) is 0 Å². The summed E-state index contributed by atoms with van der Waals surface area (Å²) >= 11 is 0. The Morgan fingerprint density at radius 3 is 2.67 bits per heavy atom. The lowest BCUT2D eigenvalue weighted by Gasteiger charge is -2.19. The molecule has 0 aromatic rings. The van der Waals surface area contributed by atoms with E-state index in [1.807, 2.05) is 0 Å². The van der Waals surface area contributed by atoms with E-state index in [4.69, 9.17) is 0 Å². The molecule has 1 aliphatic heterocycles. The molecule has 15 heavy (non-hydrogen) atoms. The van der Waals surface area contributed by atoms with E-state index in [0.29, 0.717) is 5.78 Å². The Kier molecular flexibility index (Phi) is 5.88. The molecule has 1 rings (SSSR count). The number of hydrogen-bond acceptors (Lipinski definition) is 3. The molecule has 0 aromatic carbocycles. The molecule has 3 nitrogen and oxygen atoms in total. The van der Waals surface area contributed by atoms with Crippen LogP contribution in [0, 0.1) is 0 Å². The molecule has 88 valence electrons. The number of rotatable bonds is 5. The van der Waals surface area contributed by atoms with Crippen LogP contribution >= 0.6 is 0 Å². The first-order chi connectivity index (χ1) is 7.18. The molecule has 0 N–H and O–H groups in total. The molecule has 1 heterocycles. The lowest BCUT2D eigenvalue weighted by Crippen LogP contribution is -2.29. The molecule has 0 aromatic heterocycles. The van der Waals surface area contributed by atoms with Gasteiger partial charge >= 0.3 is 0 Å². The van der Waals surface area contributed by atoms with Crippen LogP contribution in [0.25, 0.3) is 0 Å². The number of carbonyl (C=O) groups excluding carboxylic acids is 1. The van der Waals surface area contributed by atoms with Crippen LogP contribution in [0.1, 0.15) is 32.6 Å². The zero-order valence-electron chi connectivity index (χ0n) is 10.2. The SMILES string of the molecule is CC(=O)CCCCN1CCCN(C)CC1. The molecule has 1 aliphatic rings. The number of ketones is 1. The molecule has 3 heteroatoms. The first-order valence-corrected chi connectivity index (χ1v) is 6.09. The highest BCUT2D eigenvalue weighted by Gasteiger charge is 2.10. The quantitative estimate of drug-likeness (QED) is 0.643. The van der Waals surface area contributed by atoms with Crippen LogP contribution in [0.3, 0.4) is 0 Å². The molecular formula is C12H24N2O. The second-order valence-electron chi connectivity index (χ2n) is 4.66. The Balaban J connectivity index is 2.07. The third-order valence-corrected chi connectivity index (χ3v) is 3.07. The molecule has 1 saturated heterocycles. The van der Waals surface area contributed by atoms with Gasteiger partial charge in [0.25, 0.3) is 0 Å². The van der Waals surface area contributed by atoms with E-state index in [0.717, 1.165) is 12.8 Å². The maximum Gasteiger partial charge on any atom is 0.129 e. The fourth-order valence-electron chi connectivity index (χ4n) is 2.03. The summed E-state index contributed by atoms with van der Waals surface area (Å²) in [4.78, 5) is 15.7. The minimum Gasteiger partial charge on any atom is -0.305 e. The van der Waals surface area contributed by atoms with Crippen molar-refractivity contribution in [2.45, 2.75) is 32.6 Å². The van der Waals surface area contributed by atoms with Crippen molar-refractivity contribution in [1.82, 2.24) is 9.80 Å². The lowest BCUT2D eigenvalue weighted by atomic mass is 10.2. The normalized spacial score (nSPS) is 20.1. The van der Waals surface area contributed by atoms with Crippen LogP contribution in [0.4, 0.5) is 0 Å². The average Bonchev–Trinajstić information content (AvgIpc) is 2.38. The molecule has 0 atom stereocenters. The summed E-state index contributed by atoms with van der Waals surface area (Å²) in [6.07, 6.45) is 4.27. The van der Waals surface area contributed by atoms with Crippen molar-refractivity contribution in [3.63, 3.8) is 0 Å². The van der Waals surface area contributed by atoms with Crippen molar-refractivity contribution in [2.75, 3.05) is 39.8 Å². The summed E-state index contributed by atoms with van der Waals surface area (Å²) in [5, 5.41) is 0. The van der Waals surface area contributed by atoms with E-state index in [1.54, 1.807) is 6.92 Å². The topological polar surface area (TPSA) is 23.6 Å². The molecule has 0 radical (unpaired) electrons. The molecule has 1 fully saturated rings. The highest BCUT2D eigenvalue weighted by molar-refractivity contribution is 5.75. The highest BCUT2D eigenvalue weighted by Crippen LogP contribution is 2.04. The summed E-state index contributed by atoms with van der Waals surface area (Å²) < 4.78 is 0. The summed E-state index contributed by atoms with van der Waals surface area (Å²) in [7, 11) is 2.19. The van der Waals surface area contributed by atoms with Crippen molar-refractivity contribution < 1.29 is 4.79 Å². The van der Waals surface area contributed by atoms with Gasteiger partial charge in [-0.3, -0.25) is 0 Å². The molecule has 0 unspecified atom stereocenters. The van der Waals surface area contributed by atoms with Crippen LogP contribution in [-0.2, 0) is 4.79 Å². The summed E-state index contributed by atoms with van der Waals surface area (Å²) in [5.74, 6) is 0.325. The van der Waals surface area contributed by atoms with E-state index in [1.165, 1.54) is 45.6 Å². The second kappa shape index (κ2) is 6.96. The lowest BCUT2D eigenvalue weighted by molar-refractivity contribution is -0.117. The summed E-state index contributed by atoms with van der Waals surface area (Å²) in [6, 6.07) is 0. The Morgan fingerprint density at radius 2 is 1.93 bits per heavy atom. The van der Waals surface area contributed by atoms with Crippen LogP contribution in [-0.4, -0.2) is 55.4 Å². The van der Waals surface area contributed by atoms with Gasteiger partial charge in [-0.2, -0.15) is 0 Å². The van der Waals surface area contributed by atoms with Crippen molar-refractivity contribution in [1.29, 1.82) is 0 Å². The zero-order chi connectivity index (χ0) is 11.1. The Morgan fingerprint density at radius 1 is 1.13 bits per heavy atom. The average molecular weight is 212 g/mol. The van der Waals surface area contributed by atoms with Gasteiger partial charge in [0.1, 0.15) is 5.78 Å². The number of carbonyl (C=O) groups is 1. The Bertz CT molecular complexity index is 194. The van der Waals surface area contributed by atoms with Crippen molar-refractivity contribution in [3.8, 4) is 0 Å². The number of hydrogen-bond donors (Lipinski definition) is 0. The Labute approximate surface area is 93.4 Å². The molecule has 0 amide bonds. The third-order valence-electron chi connectivity index (χ3n) is 3.07. The predicted octanol–water partition coefficient (Wildman–Crippen LogP) is 1.38. The van der Waals surface area contributed by atoms with E-state index in [2.05, 4.69) is 16.8 Å². The van der Waals surface area contributed by atoms with Crippen molar-refractivity contribution in [3.05, 3.63) is 0 Å². The fourth-order valence-corrected chi connectivity index (χ4v) is 2.03. The van der Waals surface area contributed by atoms with Gasteiger partial charge in [-0.1, -0.05) is 0 Å². The van der Waals surface area contributed by atoms with Gasteiger partial charge in [-0.05, 0) is 52.9 Å². The maximum atomic E-state index is 10.8.